The van der Waals surface area contributed by atoms with Gasteiger partial charge in [-0.15, -0.1) is 0 Å². The molecule has 1 fully saturated rings. The summed E-state index contributed by atoms with van der Waals surface area (Å²) in [6, 6.07) is 14.1. The highest BCUT2D eigenvalue weighted by Gasteiger charge is 2.48. The van der Waals surface area contributed by atoms with Crippen molar-refractivity contribution in [3.8, 4) is 11.1 Å². The normalized spacial score (nSPS) is 15.7. The van der Waals surface area contributed by atoms with E-state index >= 15 is 0 Å². The van der Waals surface area contributed by atoms with Gasteiger partial charge < -0.3 is 10.0 Å². The topological polar surface area (TPSA) is 86.7 Å². The Hall–Kier alpha value is -2.38. The monoisotopic (exact) mass is 374 g/mol. The molecule has 138 valence electrons. The van der Waals surface area contributed by atoms with Crippen LogP contribution in [0.25, 0.3) is 11.1 Å². The van der Waals surface area contributed by atoms with Crippen LogP contribution in [0.5, 0.6) is 0 Å². The molecule has 0 atom stereocenters. The fourth-order valence-corrected chi connectivity index (χ4v) is 4.88. The number of rotatable bonds is 7. The molecule has 2 aromatic rings. The van der Waals surface area contributed by atoms with E-state index in [9.17, 15) is 18.3 Å². The summed E-state index contributed by atoms with van der Waals surface area (Å²) in [6.45, 7) is 0. The Bertz CT molecular complexity index is 920. The highest BCUT2D eigenvalue weighted by Crippen LogP contribution is 2.41. The Morgan fingerprint density at radius 2 is 1.77 bits per heavy atom. The summed E-state index contributed by atoms with van der Waals surface area (Å²) < 4.78 is 27.8. The smallest absolute Gasteiger partial charge is 0.337 e. The lowest BCUT2D eigenvalue weighted by Gasteiger charge is -2.24. The second-order valence-electron chi connectivity index (χ2n) is 6.91. The van der Waals surface area contributed by atoms with E-state index < -0.39 is 16.0 Å². The summed E-state index contributed by atoms with van der Waals surface area (Å²) in [5.74, 6) is -1.22. The Morgan fingerprint density at radius 3 is 2.31 bits per heavy atom. The lowest BCUT2D eigenvalue weighted by Crippen LogP contribution is -2.39. The fourth-order valence-electron chi connectivity index (χ4n) is 3.05. The molecule has 1 aliphatic carbocycles. The predicted octanol–water partition coefficient (Wildman–Crippen LogP) is 2.89. The fraction of sp³-hybridized carbons (Fsp3) is 0.316. The van der Waals surface area contributed by atoms with Crippen LogP contribution < -0.4 is 4.72 Å². The molecule has 3 rings (SSSR count). The molecule has 2 N–H and O–H groups in total. The second-order valence-corrected chi connectivity index (χ2v) is 8.63. The lowest BCUT2D eigenvalue weighted by molar-refractivity contribution is 0.0698. The van der Waals surface area contributed by atoms with E-state index in [0.717, 1.165) is 24.0 Å². The molecule has 26 heavy (non-hydrogen) atoms. The van der Waals surface area contributed by atoms with Crippen molar-refractivity contribution < 1.29 is 18.3 Å². The molecule has 1 saturated carbocycles. The van der Waals surface area contributed by atoms with Gasteiger partial charge in [0.15, 0.2) is 0 Å². The molecule has 0 spiro atoms. The van der Waals surface area contributed by atoms with E-state index in [1.54, 1.807) is 12.1 Å². The van der Waals surface area contributed by atoms with Crippen molar-refractivity contribution >= 4 is 21.7 Å². The Labute approximate surface area is 153 Å². The van der Waals surface area contributed by atoms with Crippen LogP contribution in [0.3, 0.4) is 0 Å². The van der Waals surface area contributed by atoms with Gasteiger partial charge >= 0.3 is 5.97 Å². The average molecular weight is 374 g/mol. The maximum Gasteiger partial charge on any atom is 0.337 e. The average Bonchev–Trinajstić information content (AvgIpc) is 3.35. The van der Waals surface area contributed by atoms with Crippen molar-refractivity contribution in [1.82, 2.24) is 4.90 Å². The number of benzene rings is 2. The number of hydrogen-bond acceptors (Lipinski definition) is 4. The van der Waals surface area contributed by atoms with Crippen molar-refractivity contribution in [1.29, 1.82) is 0 Å². The SMILES string of the molecule is CN(C)C1(CS(=O)(=O)Nc2cc(-c3ccccc3)ccc2C(=O)O)CC1. The number of hydrogen-bond donors (Lipinski definition) is 2. The van der Waals surface area contributed by atoms with Crippen molar-refractivity contribution in [2.45, 2.75) is 18.4 Å². The van der Waals surface area contributed by atoms with Gasteiger partial charge in [0.25, 0.3) is 0 Å². The summed E-state index contributed by atoms with van der Waals surface area (Å²) in [5.41, 5.74) is 1.31. The van der Waals surface area contributed by atoms with Crippen LogP contribution in [0.15, 0.2) is 48.5 Å². The number of carboxylic acid groups (broad SMARTS) is 1. The molecular formula is C19H22N2O4S. The zero-order chi connectivity index (χ0) is 18.9. The lowest BCUT2D eigenvalue weighted by atomic mass is 10.0. The van der Waals surface area contributed by atoms with Gasteiger partial charge in [0.1, 0.15) is 0 Å². The first-order valence-corrected chi connectivity index (χ1v) is 9.98. The van der Waals surface area contributed by atoms with Gasteiger partial charge in [-0.3, -0.25) is 4.72 Å². The van der Waals surface area contributed by atoms with Gasteiger partial charge in [-0.25, -0.2) is 13.2 Å². The molecule has 1 aliphatic rings. The molecule has 0 aliphatic heterocycles. The molecular weight excluding hydrogens is 352 g/mol. The minimum atomic E-state index is -3.68. The van der Waals surface area contributed by atoms with Crippen LogP contribution in [0.2, 0.25) is 0 Å². The van der Waals surface area contributed by atoms with Crippen molar-refractivity contribution in [2.24, 2.45) is 0 Å². The number of nitrogens with zero attached hydrogens (tertiary/aromatic N) is 1. The van der Waals surface area contributed by atoms with Gasteiger partial charge in [0, 0.05) is 5.54 Å². The van der Waals surface area contributed by atoms with Crippen molar-refractivity contribution in [3.05, 3.63) is 54.1 Å². The molecule has 0 saturated heterocycles. The van der Waals surface area contributed by atoms with Gasteiger partial charge in [0.2, 0.25) is 10.0 Å². The van der Waals surface area contributed by atoms with E-state index in [4.69, 9.17) is 0 Å². The maximum absolute atomic E-state index is 12.7. The largest absolute Gasteiger partial charge is 0.478 e. The molecule has 0 unspecified atom stereocenters. The van der Waals surface area contributed by atoms with E-state index in [1.807, 2.05) is 49.3 Å². The van der Waals surface area contributed by atoms with Crippen LogP contribution in [0.4, 0.5) is 5.69 Å². The Kier molecular flexibility index (Phi) is 4.77. The Balaban J connectivity index is 1.93. The first-order chi connectivity index (χ1) is 12.2. The van der Waals surface area contributed by atoms with Gasteiger partial charge in [-0.05, 0) is 50.2 Å². The van der Waals surface area contributed by atoms with Crippen molar-refractivity contribution in [3.63, 3.8) is 0 Å². The highest BCUT2D eigenvalue weighted by molar-refractivity contribution is 7.92. The van der Waals surface area contributed by atoms with Crippen molar-refractivity contribution in [2.75, 3.05) is 24.6 Å². The van der Waals surface area contributed by atoms with Crippen LogP contribution in [-0.2, 0) is 10.0 Å². The maximum atomic E-state index is 12.7. The minimum Gasteiger partial charge on any atom is -0.478 e. The zero-order valence-electron chi connectivity index (χ0n) is 14.8. The molecule has 7 heteroatoms. The summed E-state index contributed by atoms with van der Waals surface area (Å²) >= 11 is 0. The third-order valence-electron chi connectivity index (χ3n) is 4.86. The highest BCUT2D eigenvalue weighted by atomic mass is 32.2. The molecule has 0 heterocycles. The van der Waals surface area contributed by atoms with Crippen LogP contribution in [0, 0.1) is 0 Å². The molecule has 2 aromatic carbocycles. The predicted molar refractivity (Wildman–Crippen MR) is 102 cm³/mol. The molecule has 0 radical (unpaired) electrons. The number of carboxylic acids is 1. The third-order valence-corrected chi connectivity index (χ3v) is 6.31. The third kappa shape index (κ3) is 3.89. The molecule has 6 nitrogen and oxygen atoms in total. The van der Waals surface area contributed by atoms with Crippen LogP contribution >= 0.6 is 0 Å². The molecule has 0 aromatic heterocycles. The van der Waals surface area contributed by atoms with E-state index in [0.29, 0.717) is 0 Å². The van der Waals surface area contributed by atoms with Crippen LogP contribution in [-0.4, -0.2) is 49.8 Å². The van der Waals surface area contributed by atoms with E-state index in [1.165, 1.54) is 6.07 Å². The zero-order valence-corrected chi connectivity index (χ0v) is 15.6. The van der Waals surface area contributed by atoms with Gasteiger partial charge in [-0.2, -0.15) is 0 Å². The first-order valence-electron chi connectivity index (χ1n) is 8.33. The first kappa shape index (κ1) is 18.4. The second kappa shape index (κ2) is 6.74. The summed E-state index contributed by atoms with van der Waals surface area (Å²) in [6.07, 6.45) is 1.63. The minimum absolute atomic E-state index is 0.0539. The summed E-state index contributed by atoms with van der Waals surface area (Å²) in [5, 5.41) is 9.41. The number of carbonyl (C=O) groups is 1. The van der Waals surface area contributed by atoms with Crippen LogP contribution in [0.1, 0.15) is 23.2 Å². The quantitative estimate of drug-likeness (QED) is 0.778. The number of sulfonamides is 1. The van der Waals surface area contributed by atoms with E-state index in [2.05, 4.69) is 4.72 Å². The molecule has 0 bridgehead atoms. The molecule has 0 amide bonds. The standard InChI is InChI=1S/C19H22N2O4S/c1-21(2)19(10-11-19)13-26(24,25)20-17-12-15(8-9-16(17)18(22)23)14-6-4-3-5-7-14/h3-9,12,20H,10-11,13H2,1-2H3,(H,22,23). The number of aromatic carboxylic acids is 1. The van der Waals surface area contributed by atoms with Gasteiger partial charge in [-0.1, -0.05) is 36.4 Å². The van der Waals surface area contributed by atoms with Gasteiger partial charge in [0.05, 0.1) is 17.0 Å². The van der Waals surface area contributed by atoms with E-state index in [-0.39, 0.29) is 22.5 Å². The summed E-state index contributed by atoms with van der Waals surface area (Å²) in [7, 11) is 0.0398. The number of anilines is 1. The number of nitrogens with one attached hydrogen (secondary N) is 1. The Morgan fingerprint density at radius 1 is 1.12 bits per heavy atom. The summed E-state index contributed by atoms with van der Waals surface area (Å²) in [4.78, 5) is 13.4.